The van der Waals surface area contributed by atoms with E-state index in [2.05, 4.69) is 10.6 Å². The number of ether oxygens (including phenoxy) is 1. The zero-order valence-corrected chi connectivity index (χ0v) is 10.1. The Hall–Kier alpha value is -2.08. The van der Waals surface area contributed by atoms with Crippen molar-refractivity contribution in [1.82, 2.24) is 10.6 Å². The van der Waals surface area contributed by atoms with Gasteiger partial charge in [0.15, 0.2) is 0 Å². The Labute approximate surface area is 105 Å². The van der Waals surface area contributed by atoms with Crippen molar-refractivity contribution < 1.29 is 19.4 Å². The number of hydrogen-bond donors (Lipinski definition) is 3. The number of carboxylic acids is 1. The molecule has 1 atom stereocenters. The zero-order chi connectivity index (χ0) is 13.4. The molecule has 98 valence electrons. The monoisotopic (exact) mass is 252 g/mol. The first-order chi connectivity index (χ1) is 8.63. The van der Waals surface area contributed by atoms with Crippen LogP contribution >= 0.6 is 0 Å². The third kappa shape index (κ3) is 4.84. The lowest BCUT2D eigenvalue weighted by Gasteiger charge is -2.13. The van der Waals surface area contributed by atoms with Crippen LogP contribution in [0.1, 0.15) is 5.56 Å². The molecule has 0 aliphatic heterocycles. The van der Waals surface area contributed by atoms with Crippen molar-refractivity contribution >= 4 is 12.1 Å². The number of rotatable bonds is 6. The highest BCUT2D eigenvalue weighted by molar-refractivity contribution is 5.80. The molecule has 1 aromatic carbocycles. The van der Waals surface area contributed by atoms with Crippen LogP contribution in [0.4, 0.5) is 4.79 Å². The number of carbonyl (C=O) groups is 2. The third-order valence-corrected chi connectivity index (χ3v) is 2.21. The summed E-state index contributed by atoms with van der Waals surface area (Å²) in [5, 5.41) is 13.8. The summed E-state index contributed by atoms with van der Waals surface area (Å²) in [6, 6.07) is 8.15. The van der Waals surface area contributed by atoms with Crippen LogP contribution < -0.4 is 10.6 Å². The van der Waals surface area contributed by atoms with Crippen molar-refractivity contribution in [2.75, 3.05) is 13.6 Å². The van der Waals surface area contributed by atoms with Gasteiger partial charge in [-0.05, 0) is 12.6 Å². The molecule has 0 bridgehead atoms. The Morgan fingerprint density at radius 1 is 1.33 bits per heavy atom. The molecule has 6 heteroatoms. The highest BCUT2D eigenvalue weighted by atomic mass is 16.5. The molecular formula is C12H16N2O4. The summed E-state index contributed by atoms with van der Waals surface area (Å²) in [6.07, 6.45) is -0.749. The van der Waals surface area contributed by atoms with Gasteiger partial charge >= 0.3 is 12.1 Å². The van der Waals surface area contributed by atoms with Crippen molar-refractivity contribution in [3.05, 3.63) is 35.9 Å². The van der Waals surface area contributed by atoms with Gasteiger partial charge in [-0.1, -0.05) is 30.3 Å². The summed E-state index contributed by atoms with van der Waals surface area (Å²) in [5.74, 6) is -1.11. The average Bonchev–Trinajstić information content (AvgIpc) is 2.37. The Morgan fingerprint density at radius 2 is 2.00 bits per heavy atom. The predicted octanol–water partition coefficient (Wildman–Crippen LogP) is 0.585. The Bertz CT molecular complexity index is 394. The fourth-order valence-corrected chi connectivity index (χ4v) is 1.31. The lowest BCUT2D eigenvalue weighted by Crippen LogP contribution is -2.46. The van der Waals surface area contributed by atoms with Gasteiger partial charge in [0.1, 0.15) is 12.6 Å². The molecule has 6 nitrogen and oxygen atoms in total. The van der Waals surface area contributed by atoms with E-state index in [-0.39, 0.29) is 13.2 Å². The summed E-state index contributed by atoms with van der Waals surface area (Å²) in [5.41, 5.74) is 0.841. The van der Waals surface area contributed by atoms with Crippen LogP contribution in [0.5, 0.6) is 0 Å². The average molecular weight is 252 g/mol. The SMILES string of the molecule is CNC[C@@H](NC(=O)OCc1ccccc1)C(=O)O. The molecule has 1 aromatic rings. The minimum absolute atomic E-state index is 0.110. The first kappa shape index (κ1) is 14.0. The van der Waals surface area contributed by atoms with Gasteiger partial charge in [-0.3, -0.25) is 0 Å². The smallest absolute Gasteiger partial charge is 0.408 e. The first-order valence-electron chi connectivity index (χ1n) is 5.48. The standard InChI is InChI=1S/C12H16N2O4/c1-13-7-10(11(15)16)14-12(17)18-8-9-5-3-2-4-6-9/h2-6,10,13H,7-8H2,1H3,(H,14,17)(H,15,16)/t10-/m1/s1. The van der Waals surface area contributed by atoms with Gasteiger partial charge < -0.3 is 20.5 Å². The van der Waals surface area contributed by atoms with E-state index in [1.54, 1.807) is 7.05 Å². The van der Waals surface area contributed by atoms with E-state index in [1.165, 1.54) is 0 Å². The third-order valence-electron chi connectivity index (χ3n) is 2.21. The minimum Gasteiger partial charge on any atom is -0.480 e. The lowest BCUT2D eigenvalue weighted by atomic mass is 10.2. The Morgan fingerprint density at radius 3 is 2.56 bits per heavy atom. The summed E-state index contributed by atoms with van der Waals surface area (Å²) in [7, 11) is 1.60. The van der Waals surface area contributed by atoms with Gasteiger partial charge in [-0.15, -0.1) is 0 Å². The van der Waals surface area contributed by atoms with Crippen LogP contribution in [0.15, 0.2) is 30.3 Å². The summed E-state index contributed by atoms with van der Waals surface area (Å²) >= 11 is 0. The van der Waals surface area contributed by atoms with Crippen LogP contribution in [0.3, 0.4) is 0 Å². The topological polar surface area (TPSA) is 87.7 Å². The zero-order valence-electron chi connectivity index (χ0n) is 10.1. The van der Waals surface area contributed by atoms with Crippen molar-refractivity contribution in [3.63, 3.8) is 0 Å². The van der Waals surface area contributed by atoms with Gasteiger partial charge in [0.05, 0.1) is 0 Å². The van der Waals surface area contributed by atoms with E-state index in [9.17, 15) is 9.59 Å². The first-order valence-corrected chi connectivity index (χ1v) is 5.48. The fraction of sp³-hybridized carbons (Fsp3) is 0.333. The maximum atomic E-state index is 11.4. The summed E-state index contributed by atoms with van der Waals surface area (Å²) in [4.78, 5) is 22.2. The van der Waals surface area contributed by atoms with Crippen molar-refractivity contribution in [1.29, 1.82) is 0 Å². The van der Waals surface area contributed by atoms with E-state index in [0.29, 0.717) is 0 Å². The van der Waals surface area contributed by atoms with Gasteiger partial charge in [-0.25, -0.2) is 9.59 Å². The second kappa shape index (κ2) is 7.29. The molecule has 0 aromatic heterocycles. The number of carboxylic acid groups (broad SMARTS) is 1. The predicted molar refractivity (Wildman–Crippen MR) is 65.1 cm³/mol. The summed E-state index contributed by atoms with van der Waals surface area (Å²) < 4.78 is 4.91. The molecule has 18 heavy (non-hydrogen) atoms. The highest BCUT2D eigenvalue weighted by Gasteiger charge is 2.19. The van der Waals surface area contributed by atoms with E-state index in [0.717, 1.165) is 5.56 Å². The molecule has 0 aliphatic rings. The second-order valence-corrected chi connectivity index (χ2v) is 3.65. The van der Waals surface area contributed by atoms with Crippen molar-refractivity contribution in [2.45, 2.75) is 12.6 Å². The molecule has 0 unspecified atom stereocenters. The fourth-order valence-electron chi connectivity index (χ4n) is 1.31. The number of likely N-dealkylation sites (N-methyl/N-ethyl adjacent to an activating group) is 1. The Balaban J connectivity index is 2.39. The molecule has 0 heterocycles. The molecule has 1 amide bonds. The van der Waals surface area contributed by atoms with Crippen LogP contribution in [0.2, 0.25) is 0 Å². The number of benzene rings is 1. The van der Waals surface area contributed by atoms with E-state index in [4.69, 9.17) is 9.84 Å². The Kier molecular flexibility index (Phi) is 5.66. The van der Waals surface area contributed by atoms with Crippen molar-refractivity contribution in [2.24, 2.45) is 0 Å². The van der Waals surface area contributed by atoms with Crippen LogP contribution in [-0.4, -0.2) is 36.8 Å². The molecule has 0 saturated heterocycles. The maximum Gasteiger partial charge on any atom is 0.408 e. The number of nitrogens with one attached hydrogen (secondary N) is 2. The van der Waals surface area contributed by atoms with E-state index < -0.39 is 18.1 Å². The van der Waals surface area contributed by atoms with Crippen LogP contribution in [-0.2, 0) is 16.1 Å². The summed E-state index contributed by atoms with van der Waals surface area (Å²) in [6.45, 7) is 0.244. The highest BCUT2D eigenvalue weighted by Crippen LogP contribution is 2.00. The molecular weight excluding hydrogens is 236 g/mol. The molecule has 0 spiro atoms. The number of amides is 1. The van der Waals surface area contributed by atoms with Gasteiger partial charge in [-0.2, -0.15) is 0 Å². The number of aliphatic carboxylic acids is 1. The normalized spacial score (nSPS) is 11.6. The number of carbonyl (C=O) groups excluding carboxylic acids is 1. The number of hydrogen-bond acceptors (Lipinski definition) is 4. The molecule has 0 fully saturated rings. The van der Waals surface area contributed by atoms with Crippen molar-refractivity contribution in [3.8, 4) is 0 Å². The molecule has 0 radical (unpaired) electrons. The van der Waals surface area contributed by atoms with Crippen LogP contribution in [0, 0.1) is 0 Å². The molecule has 0 saturated carbocycles. The van der Waals surface area contributed by atoms with Crippen LogP contribution in [0.25, 0.3) is 0 Å². The minimum atomic E-state index is -1.11. The molecule has 1 rings (SSSR count). The van der Waals surface area contributed by atoms with Gasteiger partial charge in [0, 0.05) is 6.54 Å². The second-order valence-electron chi connectivity index (χ2n) is 3.65. The van der Waals surface area contributed by atoms with E-state index >= 15 is 0 Å². The largest absolute Gasteiger partial charge is 0.480 e. The van der Waals surface area contributed by atoms with E-state index in [1.807, 2.05) is 30.3 Å². The lowest BCUT2D eigenvalue weighted by molar-refractivity contribution is -0.139. The quantitative estimate of drug-likeness (QED) is 0.689. The molecule has 0 aliphatic carbocycles. The molecule has 3 N–H and O–H groups in total. The number of alkyl carbamates (subject to hydrolysis) is 1. The maximum absolute atomic E-state index is 11.4. The van der Waals surface area contributed by atoms with Gasteiger partial charge in [0.25, 0.3) is 0 Å². The van der Waals surface area contributed by atoms with Gasteiger partial charge in [0.2, 0.25) is 0 Å².